The van der Waals surface area contributed by atoms with Gasteiger partial charge in [0.2, 0.25) is 0 Å². The first-order chi connectivity index (χ1) is 9.08. The summed E-state index contributed by atoms with van der Waals surface area (Å²) in [7, 11) is 3.26. The van der Waals surface area contributed by atoms with Crippen LogP contribution in [-0.4, -0.2) is 14.2 Å². The van der Waals surface area contributed by atoms with E-state index in [0.29, 0.717) is 0 Å². The number of nitrogens with two attached hydrogens (primary N) is 1. The second-order valence-corrected chi connectivity index (χ2v) is 6.50. The van der Waals surface area contributed by atoms with Crippen molar-refractivity contribution in [1.29, 1.82) is 0 Å². The van der Waals surface area contributed by atoms with Gasteiger partial charge in [-0.2, -0.15) is 0 Å². The lowest BCUT2D eigenvalue weighted by Crippen LogP contribution is -2.12. The van der Waals surface area contributed by atoms with Crippen LogP contribution in [0.15, 0.2) is 32.5 Å². The molecule has 1 aromatic carbocycles. The van der Waals surface area contributed by atoms with E-state index in [2.05, 4.69) is 31.9 Å². The molecule has 2 rings (SSSR count). The van der Waals surface area contributed by atoms with E-state index in [1.54, 1.807) is 25.6 Å². The van der Waals surface area contributed by atoms with Gasteiger partial charge >= 0.3 is 0 Å². The van der Waals surface area contributed by atoms with Gasteiger partial charge in [-0.25, -0.2) is 0 Å². The minimum atomic E-state index is -0.258. The number of thiophene rings is 1. The molecule has 1 unspecified atom stereocenters. The fourth-order valence-electron chi connectivity index (χ4n) is 1.80. The summed E-state index contributed by atoms with van der Waals surface area (Å²) < 4.78 is 12.6. The van der Waals surface area contributed by atoms with Crippen LogP contribution in [0, 0.1) is 0 Å². The van der Waals surface area contributed by atoms with Crippen LogP contribution in [0.3, 0.4) is 0 Å². The highest BCUT2D eigenvalue weighted by Gasteiger charge is 2.20. The van der Waals surface area contributed by atoms with Crippen molar-refractivity contribution in [1.82, 2.24) is 0 Å². The molecule has 0 aliphatic carbocycles. The van der Waals surface area contributed by atoms with Crippen molar-refractivity contribution in [3.05, 3.63) is 43.0 Å². The predicted octanol–water partition coefficient (Wildman–Crippen LogP) is 4.34. The number of halogens is 2. The van der Waals surface area contributed by atoms with E-state index >= 15 is 0 Å². The van der Waals surface area contributed by atoms with Gasteiger partial charge in [0.15, 0.2) is 0 Å². The van der Waals surface area contributed by atoms with E-state index in [4.69, 9.17) is 15.2 Å². The van der Waals surface area contributed by atoms with Crippen LogP contribution >= 0.6 is 43.2 Å². The van der Waals surface area contributed by atoms with Gasteiger partial charge in [0.05, 0.1) is 24.7 Å². The number of hydrogen-bond donors (Lipinski definition) is 1. The first-order valence-electron chi connectivity index (χ1n) is 5.48. The number of hydrogen-bond acceptors (Lipinski definition) is 4. The molecule has 2 N–H and O–H groups in total. The van der Waals surface area contributed by atoms with Crippen LogP contribution in [0.25, 0.3) is 0 Å². The summed E-state index contributed by atoms with van der Waals surface area (Å²) in [5.74, 6) is 1.47. The van der Waals surface area contributed by atoms with Gasteiger partial charge in [-0.1, -0.05) is 0 Å². The highest BCUT2D eigenvalue weighted by molar-refractivity contribution is 9.10. The fourth-order valence-corrected chi connectivity index (χ4v) is 3.92. The largest absolute Gasteiger partial charge is 0.496 e. The Bertz CT molecular complexity index is 586. The molecule has 0 aliphatic heterocycles. The second-order valence-electron chi connectivity index (χ2n) is 3.84. The zero-order chi connectivity index (χ0) is 14.0. The molecular formula is C13H13Br2NO2S. The zero-order valence-corrected chi connectivity index (χ0v) is 14.4. The highest BCUT2D eigenvalue weighted by Crippen LogP contribution is 2.40. The van der Waals surface area contributed by atoms with Gasteiger partial charge in [0, 0.05) is 14.9 Å². The maximum absolute atomic E-state index is 6.34. The van der Waals surface area contributed by atoms with E-state index in [1.807, 2.05) is 23.6 Å². The van der Waals surface area contributed by atoms with E-state index in [9.17, 15) is 0 Å². The quantitative estimate of drug-likeness (QED) is 0.821. The third-order valence-electron chi connectivity index (χ3n) is 2.77. The van der Waals surface area contributed by atoms with Crippen molar-refractivity contribution in [3.8, 4) is 11.5 Å². The van der Waals surface area contributed by atoms with Gasteiger partial charge in [-0.3, -0.25) is 0 Å². The first kappa shape index (κ1) is 14.8. The standard InChI is InChI=1S/C13H13Br2NO2S/c1-17-10-6-9(15)11(18-2)5-7(10)12(16)13-8(14)3-4-19-13/h3-6,12H,16H2,1-2H3. The molecule has 0 spiro atoms. The molecule has 0 fully saturated rings. The third-order valence-corrected chi connectivity index (χ3v) is 5.34. The molecule has 0 bridgehead atoms. The number of ether oxygens (including phenoxy) is 2. The third kappa shape index (κ3) is 2.97. The molecule has 2 aromatic rings. The lowest BCUT2D eigenvalue weighted by molar-refractivity contribution is 0.395. The number of benzene rings is 1. The number of methoxy groups -OCH3 is 2. The molecule has 3 nitrogen and oxygen atoms in total. The van der Waals surface area contributed by atoms with E-state index < -0.39 is 0 Å². The molecule has 1 aromatic heterocycles. The smallest absolute Gasteiger partial charge is 0.133 e. The molecule has 1 atom stereocenters. The monoisotopic (exact) mass is 405 g/mol. The lowest BCUT2D eigenvalue weighted by Gasteiger charge is -2.17. The molecule has 0 amide bonds. The van der Waals surface area contributed by atoms with Gasteiger partial charge in [-0.05, 0) is 55.4 Å². The second kappa shape index (κ2) is 6.26. The minimum absolute atomic E-state index is 0.258. The Morgan fingerprint density at radius 3 is 2.32 bits per heavy atom. The molecule has 102 valence electrons. The SMILES string of the molecule is COc1cc(C(N)c2sccc2Br)c(OC)cc1Br. The van der Waals surface area contributed by atoms with Crippen LogP contribution in [0.2, 0.25) is 0 Å². The molecule has 0 radical (unpaired) electrons. The Kier molecular flexibility index (Phi) is 4.89. The van der Waals surface area contributed by atoms with E-state index in [-0.39, 0.29) is 6.04 Å². The molecule has 0 aliphatic rings. The normalized spacial score (nSPS) is 12.3. The summed E-state index contributed by atoms with van der Waals surface area (Å²) in [6.45, 7) is 0. The summed E-state index contributed by atoms with van der Waals surface area (Å²) in [6.07, 6.45) is 0. The molecule has 0 saturated carbocycles. The minimum Gasteiger partial charge on any atom is -0.496 e. The van der Waals surface area contributed by atoms with E-state index in [1.165, 1.54) is 0 Å². The maximum Gasteiger partial charge on any atom is 0.133 e. The zero-order valence-electron chi connectivity index (χ0n) is 10.4. The predicted molar refractivity (Wildman–Crippen MR) is 85.3 cm³/mol. The number of rotatable bonds is 4. The van der Waals surface area contributed by atoms with Crippen molar-refractivity contribution >= 4 is 43.2 Å². The summed E-state index contributed by atoms with van der Waals surface area (Å²) in [5, 5.41) is 2.00. The Balaban J connectivity index is 2.51. The van der Waals surface area contributed by atoms with Crippen LogP contribution in [0.1, 0.15) is 16.5 Å². The molecule has 1 heterocycles. The van der Waals surface area contributed by atoms with Crippen LogP contribution in [0.4, 0.5) is 0 Å². The molecule has 0 saturated heterocycles. The highest BCUT2D eigenvalue weighted by atomic mass is 79.9. The van der Waals surface area contributed by atoms with Crippen molar-refractivity contribution in [2.24, 2.45) is 5.73 Å². The average molecular weight is 407 g/mol. The van der Waals surface area contributed by atoms with Crippen molar-refractivity contribution < 1.29 is 9.47 Å². The van der Waals surface area contributed by atoms with Crippen molar-refractivity contribution in [2.45, 2.75) is 6.04 Å². The summed E-state index contributed by atoms with van der Waals surface area (Å²) >= 11 is 8.56. The van der Waals surface area contributed by atoms with Crippen molar-refractivity contribution in [3.63, 3.8) is 0 Å². The lowest BCUT2D eigenvalue weighted by atomic mass is 10.0. The summed E-state index contributed by atoms with van der Waals surface area (Å²) in [4.78, 5) is 1.06. The van der Waals surface area contributed by atoms with Gasteiger partial charge in [-0.15, -0.1) is 11.3 Å². The van der Waals surface area contributed by atoms with E-state index in [0.717, 1.165) is 30.9 Å². The molecular weight excluding hydrogens is 394 g/mol. The average Bonchev–Trinajstić information content (AvgIpc) is 2.83. The maximum atomic E-state index is 6.34. The topological polar surface area (TPSA) is 44.5 Å². The Morgan fingerprint density at radius 2 is 1.79 bits per heavy atom. The summed E-state index contributed by atoms with van der Waals surface area (Å²) in [5.41, 5.74) is 7.24. The van der Waals surface area contributed by atoms with Crippen molar-refractivity contribution in [2.75, 3.05) is 14.2 Å². The fraction of sp³-hybridized carbons (Fsp3) is 0.231. The van der Waals surface area contributed by atoms with Crippen LogP contribution in [-0.2, 0) is 0 Å². The van der Waals surface area contributed by atoms with Gasteiger partial charge < -0.3 is 15.2 Å². The molecule has 19 heavy (non-hydrogen) atoms. The summed E-state index contributed by atoms with van der Waals surface area (Å²) in [6, 6.07) is 5.50. The molecule has 6 heteroatoms. The first-order valence-corrected chi connectivity index (χ1v) is 7.95. The Morgan fingerprint density at radius 1 is 1.11 bits per heavy atom. The Labute approximate surface area is 133 Å². The van der Waals surface area contributed by atoms with Gasteiger partial charge in [0.1, 0.15) is 11.5 Å². The van der Waals surface area contributed by atoms with Gasteiger partial charge in [0.25, 0.3) is 0 Å². The van der Waals surface area contributed by atoms with Crippen LogP contribution < -0.4 is 15.2 Å². The Hall–Kier alpha value is -0.560. The van der Waals surface area contributed by atoms with Crippen LogP contribution in [0.5, 0.6) is 11.5 Å².